The van der Waals surface area contributed by atoms with E-state index in [2.05, 4.69) is 10.3 Å². The SMILES string of the molecule is Cc1cc(Nc2cccc(Cl)c2)c2cc(F)ccc2n1. The van der Waals surface area contributed by atoms with E-state index in [1.807, 2.05) is 37.3 Å². The lowest BCUT2D eigenvalue weighted by atomic mass is 10.1. The first-order valence-electron chi connectivity index (χ1n) is 6.21. The van der Waals surface area contributed by atoms with Crippen molar-refractivity contribution in [2.45, 2.75) is 6.92 Å². The molecule has 1 aromatic heterocycles. The Labute approximate surface area is 121 Å². The normalized spacial score (nSPS) is 10.8. The number of pyridine rings is 1. The number of hydrogen-bond acceptors (Lipinski definition) is 2. The molecular weight excluding hydrogens is 275 g/mol. The van der Waals surface area contributed by atoms with Crippen molar-refractivity contribution in [3.05, 3.63) is 65.1 Å². The van der Waals surface area contributed by atoms with Crippen LogP contribution in [0.15, 0.2) is 48.5 Å². The summed E-state index contributed by atoms with van der Waals surface area (Å²) in [5, 5.41) is 4.66. The summed E-state index contributed by atoms with van der Waals surface area (Å²) in [4.78, 5) is 4.40. The number of benzene rings is 2. The third kappa shape index (κ3) is 2.58. The molecule has 20 heavy (non-hydrogen) atoms. The van der Waals surface area contributed by atoms with Gasteiger partial charge >= 0.3 is 0 Å². The van der Waals surface area contributed by atoms with Gasteiger partial charge in [0.25, 0.3) is 0 Å². The maximum atomic E-state index is 13.4. The van der Waals surface area contributed by atoms with Crippen molar-refractivity contribution in [2.24, 2.45) is 0 Å². The summed E-state index contributed by atoms with van der Waals surface area (Å²) in [5.41, 5.74) is 3.30. The number of aromatic nitrogens is 1. The molecule has 0 radical (unpaired) electrons. The maximum absolute atomic E-state index is 13.4. The van der Waals surface area contributed by atoms with Gasteiger partial charge in [-0.05, 0) is 49.4 Å². The molecule has 3 aromatic rings. The molecule has 0 aliphatic rings. The van der Waals surface area contributed by atoms with Crippen LogP contribution in [0.1, 0.15) is 5.69 Å². The molecule has 1 N–H and O–H groups in total. The lowest BCUT2D eigenvalue weighted by molar-refractivity contribution is 0.629. The predicted octanol–water partition coefficient (Wildman–Crippen LogP) is 5.08. The van der Waals surface area contributed by atoms with Crippen molar-refractivity contribution in [1.82, 2.24) is 4.98 Å². The molecule has 100 valence electrons. The highest BCUT2D eigenvalue weighted by atomic mass is 35.5. The number of halogens is 2. The van der Waals surface area contributed by atoms with Crippen LogP contribution in [-0.4, -0.2) is 4.98 Å². The highest BCUT2D eigenvalue weighted by molar-refractivity contribution is 6.30. The number of fused-ring (bicyclic) bond motifs is 1. The maximum Gasteiger partial charge on any atom is 0.124 e. The molecule has 0 fully saturated rings. The first-order valence-corrected chi connectivity index (χ1v) is 6.59. The number of aryl methyl sites for hydroxylation is 1. The number of rotatable bonds is 2. The van der Waals surface area contributed by atoms with Gasteiger partial charge in [0.15, 0.2) is 0 Å². The van der Waals surface area contributed by atoms with E-state index in [0.717, 1.165) is 28.0 Å². The Hall–Kier alpha value is -2.13. The van der Waals surface area contributed by atoms with Crippen LogP contribution in [0.2, 0.25) is 5.02 Å². The molecule has 2 nitrogen and oxygen atoms in total. The molecule has 0 unspecified atom stereocenters. The molecular formula is C16H12ClFN2. The number of hydrogen-bond donors (Lipinski definition) is 1. The van der Waals surface area contributed by atoms with E-state index in [4.69, 9.17) is 11.6 Å². The second kappa shape index (κ2) is 5.10. The van der Waals surface area contributed by atoms with E-state index in [0.29, 0.717) is 5.02 Å². The average molecular weight is 287 g/mol. The summed E-state index contributed by atoms with van der Waals surface area (Å²) in [6.45, 7) is 1.91. The van der Waals surface area contributed by atoms with Gasteiger partial charge in [-0.25, -0.2) is 4.39 Å². The summed E-state index contributed by atoms with van der Waals surface area (Å²) in [5.74, 6) is -0.280. The summed E-state index contributed by atoms with van der Waals surface area (Å²) >= 11 is 5.97. The van der Waals surface area contributed by atoms with E-state index in [-0.39, 0.29) is 5.82 Å². The molecule has 3 rings (SSSR count). The first kappa shape index (κ1) is 12.9. The van der Waals surface area contributed by atoms with Crippen molar-refractivity contribution < 1.29 is 4.39 Å². The zero-order valence-electron chi connectivity index (χ0n) is 10.8. The van der Waals surface area contributed by atoms with Crippen LogP contribution in [-0.2, 0) is 0 Å². The molecule has 0 amide bonds. The van der Waals surface area contributed by atoms with E-state index in [1.54, 1.807) is 6.07 Å². The van der Waals surface area contributed by atoms with Crippen LogP contribution in [0, 0.1) is 12.7 Å². The highest BCUT2D eigenvalue weighted by Crippen LogP contribution is 2.28. The molecule has 0 atom stereocenters. The molecule has 0 saturated carbocycles. The minimum atomic E-state index is -0.280. The molecule has 2 aromatic carbocycles. The molecule has 0 aliphatic carbocycles. The number of anilines is 2. The Morgan fingerprint density at radius 3 is 2.75 bits per heavy atom. The molecule has 0 saturated heterocycles. The summed E-state index contributed by atoms with van der Waals surface area (Å²) in [7, 11) is 0. The summed E-state index contributed by atoms with van der Waals surface area (Å²) < 4.78 is 13.4. The van der Waals surface area contributed by atoms with E-state index in [9.17, 15) is 4.39 Å². The fourth-order valence-corrected chi connectivity index (χ4v) is 2.35. The van der Waals surface area contributed by atoms with Crippen molar-refractivity contribution in [3.8, 4) is 0 Å². The molecule has 1 heterocycles. The lowest BCUT2D eigenvalue weighted by Crippen LogP contribution is -1.95. The second-order valence-electron chi connectivity index (χ2n) is 4.61. The van der Waals surface area contributed by atoms with Crippen LogP contribution in [0.25, 0.3) is 10.9 Å². The van der Waals surface area contributed by atoms with Crippen LogP contribution in [0.4, 0.5) is 15.8 Å². The molecule has 0 spiro atoms. The largest absolute Gasteiger partial charge is 0.355 e. The smallest absolute Gasteiger partial charge is 0.124 e. The van der Waals surface area contributed by atoms with Gasteiger partial charge in [-0.15, -0.1) is 0 Å². The van der Waals surface area contributed by atoms with Gasteiger partial charge in [0, 0.05) is 27.5 Å². The third-order valence-electron chi connectivity index (χ3n) is 3.00. The predicted molar refractivity (Wildman–Crippen MR) is 81.2 cm³/mol. The third-order valence-corrected chi connectivity index (χ3v) is 3.24. The zero-order valence-corrected chi connectivity index (χ0v) is 11.6. The van der Waals surface area contributed by atoms with E-state index < -0.39 is 0 Å². The van der Waals surface area contributed by atoms with Gasteiger partial charge in [0.1, 0.15) is 5.82 Å². The monoisotopic (exact) mass is 286 g/mol. The Morgan fingerprint density at radius 1 is 1.10 bits per heavy atom. The number of nitrogens with one attached hydrogen (secondary N) is 1. The van der Waals surface area contributed by atoms with Crippen molar-refractivity contribution in [2.75, 3.05) is 5.32 Å². The minimum absolute atomic E-state index is 0.280. The summed E-state index contributed by atoms with van der Waals surface area (Å²) in [6.07, 6.45) is 0. The first-order chi connectivity index (χ1) is 9.61. The highest BCUT2D eigenvalue weighted by Gasteiger charge is 2.06. The second-order valence-corrected chi connectivity index (χ2v) is 5.04. The molecule has 0 bridgehead atoms. The zero-order chi connectivity index (χ0) is 14.1. The van der Waals surface area contributed by atoms with E-state index in [1.165, 1.54) is 12.1 Å². The van der Waals surface area contributed by atoms with Crippen molar-refractivity contribution in [3.63, 3.8) is 0 Å². The average Bonchev–Trinajstić information content (AvgIpc) is 2.39. The summed E-state index contributed by atoms with van der Waals surface area (Å²) in [6, 6.07) is 13.9. The van der Waals surface area contributed by atoms with Gasteiger partial charge in [-0.2, -0.15) is 0 Å². The van der Waals surface area contributed by atoms with Crippen LogP contribution >= 0.6 is 11.6 Å². The van der Waals surface area contributed by atoms with Crippen molar-refractivity contribution in [1.29, 1.82) is 0 Å². The Bertz CT molecular complexity index is 787. The Balaban J connectivity index is 2.12. The molecule has 4 heteroatoms. The standard InChI is InChI=1S/C16H12ClFN2/c1-10-7-16(20-13-4-2-3-11(17)8-13)14-9-12(18)5-6-15(14)19-10/h2-9H,1H3,(H,19,20). The van der Waals surface area contributed by atoms with Crippen LogP contribution in [0.5, 0.6) is 0 Å². The fourth-order valence-electron chi connectivity index (χ4n) is 2.16. The van der Waals surface area contributed by atoms with Gasteiger partial charge in [-0.1, -0.05) is 17.7 Å². The topological polar surface area (TPSA) is 24.9 Å². The quantitative estimate of drug-likeness (QED) is 0.710. The lowest BCUT2D eigenvalue weighted by Gasteiger charge is -2.11. The Kier molecular flexibility index (Phi) is 3.28. The van der Waals surface area contributed by atoms with Crippen molar-refractivity contribution >= 4 is 33.9 Å². The van der Waals surface area contributed by atoms with Gasteiger partial charge < -0.3 is 5.32 Å². The fraction of sp³-hybridized carbons (Fsp3) is 0.0625. The minimum Gasteiger partial charge on any atom is -0.355 e. The van der Waals surface area contributed by atoms with Crippen LogP contribution < -0.4 is 5.32 Å². The molecule has 0 aliphatic heterocycles. The van der Waals surface area contributed by atoms with E-state index >= 15 is 0 Å². The van der Waals surface area contributed by atoms with Gasteiger partial charge in [0.05, 0.1) is 5.52 Å². The number of nitrogens with zero attached hydrogens (tertiary/aromatic N) is 1. The van der Waals surface area contributed by atoms with Gasteiger partial charge in [0.2, 0.25) is 0 Å². The van der Waals surface area contributed by atoms with Gasteiger partial charge in [-0.3, -0.25) is 4.98 Å². The Morgan fingerprint density at radius 2 is 1.95 bits per heavy atom. The van der Waals surface area contributed by atoms with Crippen LogP contribution in [0.3, 0.4) is 0 Å².